The molecule has 4 aliphatic carbocycles. The van der Waals surface area contributed by atoms with Gasteiger partial charge in [0.2, 0.25) is 0 Å². The quantitative estimate of drug-likeness (QED) is 0.353. The predicted octanol–water partition coefficient (Wildman–Crippen LogP) is 7.89. The van der Waals surface area contributed by atoms with Gasteiger partial charge >= 0.3 is 0 Å². The summed E-state index contributed by atoms with van der Waals surface area (Å²) in [6.07, 6.45) is 9.82. The molecule has 4 aliphatic rings. The number of hydrogen-bond donors (Lipinski definition) is 0. The maximum atomic E-state index is 5.38. The molecule has 0 unspecified atom stereocenters. The van der Waals surface area contributed by atoms with Crippen LogP contribution in [0, 0.1) is 22.7 Å². The van der Waals surface area contributed by atoms with Gasteiger partial charge in [0, 0.05) is 23.2 Å². The minimum atomic E-state index is -0.229. The van der Waals surface area contributed by atoms with E-state index in [1.165, 1.54) is 28.1 Å². The molecule has 2 aromatic carbocycles. The van der Waals surface area contributed by atoms with E-state index in [1.54, 1.807) is 7.11 Å². The van der Waals surface area contributed by atoms with E-state index in [1.807, 2.05) is 12.1 Å². The molecule has 4 atom stereocenters. The normalized spacial score (nSPS) is 27.8. The second-order valence-corrected chi connectivity index (χ2v) is 12.7. The van der Waals surface area contributed by atoms with Crippen molar-refractivity contribution in [2.24, 2.45) is 22.7 Å². The van der Waals surface area contributed by atoms with Crippen molar-refractivity contribution in [1.29, 1.82) is 0 Å². The third-order valence-corrected chi connectivity index (χ3v) is 8.71. The largest absolute Gasteiger partial charge is 0.497 e. The zero-order valence-electron chi connectivity index (χ0n) is 22.5. The summed E-state index contributed by atoms with van der Waals surface area (Å²) in [6.45, 7) is 14.2. The van der Waals surface area contributed by atoms with Crippen LogP contribution in [0.5, 0.6) is 5.75 Å². The van der Waals surface area contributed by atoms with Crippen molar-refractivity contribution < 1.29 is 4.74 Å². The molecular weight excluding hydrogens is 440 g/mol. The van der Waals surface area contributed by atoms with Crippen LogP contribution >= 0.6 is 0 Å². The van der Waals surface area contributed by atoms with E-state index in [-0.39, 0.29) is 22.2 Å². The summed E-state index contributed by atoms with van der Waals surface area (Å²) in [5, 5.41) is 0. The lowest BCUT2D eigenvalue weighted by atomic mass is 9.44. The molecule has 36 heavy (non-hydrogen) atoms. The number of benzene rings is 2. The molecule has 0 radical (unpaired) electrons. The molecule has 1 aromatic heterocycles. The molecule has 0 fully saturated rings. The molecule has 7 rings (SSSR count). The second-order valence-electron chi connectivity index (χ2n) is 12.7. The second kappa shape index (κ2) is 7.65. The zero-order chi connectivity index (χ0) is 25.5. The summed E-state index contributed by atoms with van der Waals surface area (Å²) in [5.74, 6) is 1.79. The van der Waals surface area contributed by atoms with Gasteiger partial charge in [-0.15, -0.1) is 0 Å². The Bertz CT molecular complexity index is 1450. The van der Waals surface area contributed by atoms with Crippen molar-refractivity contribution in [3.63, 3.8) is 0 Å². The Hall–Kier alpha value is -3.20. The maximum Gasteiger partial charge on any atom is 0.118 e. The Morgan fingerprint density at radius 1 is 0.889 bits per heavy atom. The van der Waals surface area contributed by atoms with Crippen molar-refractivity contribution in [1.82, 2.24) is 9.97 Å². The van der Waals surface area contributed by atoms with Crippen LogP contribution in [0.15, 0.2) is 77.9 Å². The van der Waals surface area contributed by atoms with Crippen molar-refractivity contribution >= 4 is 17.1 Å². The molecular formula is C33H36N2O. The molecule has 3 aromatic rings. The van der Waals surface area contributed by atoms with Crippen molar-refractivity contribution in [3.05, 3.63) is 94.9 Å². The van der Waals surface area contributed by atoms with Crippen LogP contribution in [-0.4, -0.2) is 17.1 Å². The van der Waals surface area contributed by atoms with Gasteiger partial charge in [-0.2, -0.15) is 0 Å². The summed E-state index contributed by atoms with van der Waals surface area (Å²) in [7, 11) is 1.71. The number of fused-ring (bicyclic) bond motifs is 1. The number of aromatic nitrogens is 2. The van der Waals surface area contributed by atoms with E-state index in [9.17, 15) is 0 Å². The third-order valence-electron chi connectivity index (χ3n) is 8.71. The molecule has 184 valence electrons. The number of ether oxygens (including phenoxy) is 1. The first-order chi connectivity index (χ1) is 17.0. The Morgan fingerprint density at radius 3 is 2.17 bits per heavy atom. The highest BCUT2D eigenvalue weighted by molar-refractivity contribution is 5.76. The van der Waals surface area contributed by atoms with Crippen LogP contribution in [0.4, 0.5) is 0 Å². The minimum Gasteiger partial charge on any atom is -0.497 e. The van der Waals surface area contributed by atoms with Crippen molar-refractivity contribution in [3.8, 4) is 5.75 Å². The number of rotatable bonds is 2. The Balaban J connectivity index is 1.62. The topological polar surface area (TPSA) is 35.0 Å². The van der Waals surface area contributed by atoms with Crippen LogP contribution < -0.4 is 4.74 Å². The van der Waals surface area contributed by atoms with Gasteiger partial charge < -0.3 is 4.74 Å². The Morgan fingerprint density at radius 2 is 1.56 bits per heavy atom. The summed E-state index contributed by atoms with van der Waals surface area (Å²) < 4.78 is 5.38. The molecule has 3 heteroatoms. The van der Waals surface area contributed by atoms with E-state index in [2.05, 4.69) is 102 Å². The molecule has 0 saturated heterocycles. The lowest BCUT2D eigenvalue weighted by Crippen LogP contribution is -2.56. The predicted molar refractivity (Wildman–Crippen MR) is 148 cm³/mol. The molecule has 0 N–H and O–H groups in total. The fourth-order valence-corrected chi connectivity index (χ4v) is 6.98. The van der Waals surface area contributed by atoms with Gasteiger partial charge in [0.05, 0.1) is 29.5 Å². The van der Waals surface area contributed by atoms with Crippen LogP contribution in [-0.2, 0) is 5.41 Å². The summed E-state index contributed by atoms with van der Waals surface area (Å²) in [4.78, 5) is 10.7. The highest BCUT2D eigenvalue weighted by atomic mass is 16.5. The minimum absolute atomic E-state index is 0.0327. The van der Waals surface area contributed by atoms with Gasteiger partial charge in [-0.3, -0.25) is 0 Å². The van der Waals surface area contributed by atoms with Crippen molar-refractivity contribution in [2.75, 3.05) is 7.11 Å². The average Bonchev–Trinajstić information content (AvgIpc) is 3.27. The third kappa shape index (κ3) is 3.18. The monoisotopic (exact) mass is 476 g/mol. The first-order valence-electron chi connectivity index (χ1n) is 13.1. The number of hydrogen-bond acceptors (Lipinski definition) is 3. The smallest absolute Gasteiger partial charge is 0.118 e. The van der Waals surface area contributed by atoms with E-state index in [4.69, 9.17) is 14.7 Å². The lowest BCUT2D eigenvalue weighted by Gasteiger charge is -2.59. The van der Waals surface area contributed by atoms with E-state index < -0.39 is 0 Å². The van der Waals surface area contributed by atoms with Crippen LogP contribution in [0.2, 0.25) is 0 Å². The molecule has 0 saturated carbocycles. The molecule has 3 nitrogen and oxygen atoms in total. The summed E-state index contributed by atoms with van der Waals surface area (Å²) in [5.41, 5.74) is 8.20. The SMILES string of the molecule is COc1ccc(/C=C2/C=C[C@@H]3[C@H]2[C@@H]2C(C(C)(C)C)=C[C@@]3(C(C)(C)C)c3nc4ccccc4nc32)cc1. The number of allylic oxidation sites excluding steroid dienone is 5. The first-order valence-corrected chi connectivity index (χ1v) is 13.1. The molecule has 0 aliphatic heterocycles. The molecule has 0 amide bonds. The van der Waals surface area contributed by atoms with Crippen molar-refractivity contribution in [2.45, 2.75) is 52.9 Å². The van der Waals surface area contributed by atoms with Gasteiger partial charge in [0.25, 0.3) is 0 Å². The standard InChI is InChI=1S/C33H36N2O/c1-31(2,3)24-19-33(32(4,5)6)23-17-14-21(18-20-12-15-22(36-7)16-13-20)27(23)28(24)29-30(33)35-26-11-9-8-10-25(26)34-29/h8-19,23,27-28H,1-7H3/b21-18-/t23-,27+,28+,33+/m1/s1. The highest BCUT2D eigenvalue weighted by Gasteiger charge is 2.63. The first kappa shape index (κ1) is 23.2. The van der Waals surface area contributed by atoms with E-state index in [0.29, 0.717) is 11.8 Å². The van der Waals surface area contributed by atoms with Gasteiger partial charge in [-0.25, -0.2) is 9.97 Å². The molecule has 0 spiro atoms. The summed E-state index contributed by atoms with van der Waals surface area (Å²) in [6, 6.07) is 16.7. The van der Waals surface area contributed by atoms with Crippen LogP contribution in [0.25, 0.3) is 17.1 Å². The van der Waals surface area contributed by atoms with Crippen LogP contribution in [0.1, 0.15) is 64.4 Å². The lowest BCUT2D eigenvalue weighted by molar-refractivity contribution is 0.103. The van der Waals surface area contributed by atoms with Gasteiger partial charge in [0.15, 0.2) is 0 Å². The zero-order valence-corrected chi connectivity index (χ0v) is 22.5. The molecule has 2 bridgehead atoms. The van der Waals surface area contributed by atoms with Crippen LogP contribution in [0.3, 0.4) is 0 Å². The average molecular weight is 477 g/mol. The number of methoxy groups -OCH3 is 1. The fraction of sp³-hybridized carbons (Fsp3) is 0.394. The van der Waals surface area contributed by atoms with E-state index >= 15 is 0 Å². The van der Waals surface area contributed by atoms with E-state index in [0.717, 1.165) is 16.8 Å². The maximum absolute atomic E-state index is 5.38. The van der Waals surface area contributed by atoms with Gasteiger partial charge in [-0.05, 0) is 46.2 Å². The van der Waals surface area contributed by atoms with Gasteiger partial charge in [-0.1, -0.05) is 95.7 Å². The molecule has 1 heterocycles. The fourth-order valence-electron chi connectivity index (χ4n) is 6.98. The Labute approximate surface area is 215 Å². The Kier molecular flexibility index (Phi) is 4.93. The number of nitrogens with zero attached hydrogens (tertiary/aromatic N) is 2. The number of para-hydroxylation sites is 2. The summed E-state index contributed by atoms with van der Waals surface area (Å²) >= 11 is 0. The van der Waals surface area contributed by atoms with Gasteiger partial charge in [0.1, 0.15) is 5.75 Å². The highest BCUT2D eigenvalue weighted by Crippen LogP contribution is 2.68.